The van der Waals surface area contributed by atoms with Gasteiger partial charge in [-0.3, -0.25) is 9.59 Å². The summed E-state index contributed by atoms with van der Waals surface area (Å²) in [6, 6.07) is 0. The zero-order valence-electron chi connectivity index (χ0n) is 6.65. The van der Waals surface area contributed by atoms with Crippen molar-refractivity contribution in [3.63, 3.8) is 0 Å². The van der Waals surface area contributed by atoms with Crippen LogP contribution in [0.1, 0.15) is 13.3 Å². The van der Waals surface area contributed by atoms with Gasteiger partial charge in [-0.2, -0.15) is 0 Å². The average Bonchev–Trinajstić information content (AvgIpc) is 2.26. The summed E-state index contributed by atoms with van der Waals surface area (Å²) in [6.07, 6.45) is 0.556. The van der Waals surface area contributed by atoms with Crippen LogP contribution in [0, 0.1) is 0 Å². The van der Waals surface area contributed by atoms with E-state index in [9.17, 15) is 9.59 Å². The largest absolute Gasteiger partial charge is 0.481 e. The quantitative estimate of drug-likeness (QED) is 0.657. The number of thioether (sulfide) groups is 1. The Morgan fingerprint density at radius 3 is 2.92 bits per heavy atom. The number of carboxylic acid groups (broad SMARTS) is 1. The van der Waals surface area contributed by atoms with Crippen molar-refractivity contribution in [1.29, 1.82) is 0 Å². The van der Waals surface area contributed by atoms with Gasteiger partial charge in [0.15, 0.2) is 0 Å². The van der Waals surface area contributed by atoms with Crippen LogP contribution in [0.3, 0.4) is 0 Å². The van der Waals surface area contributed by atoms with Crippen LogP contribution < -0.4 is 0 Å². The molecule has 0 aromatic heterocycles. The van der Waals surface area contributed by atoms with Crippen molar-refractivity contribution < 1.29 is 19.4 Å². The molecule has 4 nitrogen and oxygen atoms in total. The smallest absolute Gasteiger partial charge is 0.319 e. The van der Waals surface area contributed by atoms with Crippen molar-refractivity contribution in [3.05, 3.63) is 0 Å². The maximum Gasteiger partial charge on any atom is 0.319 e. The number of hydrogen-bond acceptors (Lipinski definition) is 4. The Hall–Kier alpha value is -0.710. The van der Waals surface area contributed by atoms with E-state index in [1.165, 1.54) is 0 Å². The van der Waals surface area contributed by atoms with E-state index in [1.54, 1.807) is 6.92 Å². The summed E-state index contributed by atoms with van der Waals surface area (Å²) in [5, 5.41) is 8.07. The molecule has 68 valence electrons. The Bertz CT molecular complexity index is 204. The number of esters is 1. The highest BCUT2D eigenvalue weighted by Gasteiger charge is 2.32. The van der Waals surface area contributed by atoms with Gasteiger partial charge in [-0.25, -0.2) is 0 Å². The minimum absolute atomic E-state index is 0.0352. The predicted molar refractivity (Wildman–Crippen MR) is 44.1 cm³/mol. The van der Waals surface area contributed by atoms with Crippen LogP contribution in [-0.2, 0) is 14.3 Å². The molecule has 0 aliphatic carbocycles. The van der Waals surface area contributed by atoms with Crippen molar-refractivity contribution in [1.82, 2.24) is 0 Å². The van der Waals surface area contributed by atoms with E-state index in [0.717, 1.165) is 11.8 Å². The van der Waals surface area contributed by atoms with Crippen molar-refractivity contribution in [2.24, 2.45) is 0 Å². The topological polar surface area (TPSA) is 63.6 Å². The fourth-order valence-corrected chi connectivity index (χ4v) is 1.97. The third-order valence-electron chi connectivity index (χ3n) is 1.53. The first kappa shape index (κ1) is 9.38. The van der Waals surface area contributed by atoms with E-state index in [1.807, 2.05) is 0 Å². The lowest BCUT2D eigenvalue weighted by Gasteiger charge is -2.00. The molecule has 0 unspecified atom stereocenters. The summed E-state index contributed by atoms with van der Waals surface area (Å²) in [5.74, 6) is -1.21. The minimum Gasteiger partial charge on any atom is -0.481 e. The molecule has 0 amide bonds. The molecule has 1 saturated heterocycles. The first-order valence-corrected chi connectivity index (χ1v) is 4.68. The van der Waals surface area contributed by atoms with Gasteiger partial charge in [-0.05, 0) is 6.92 Å². The molecule has 1 N–H and O–H groups in total. The van der Waals surface area contributed by atoms with Gasteiger partial charge in [0.25, 0.3) is 0 Å². The second kappa shape index (κ2) is 3.80. The van der Waals surface area contributed by atoms with Crippen molar-refractivity contribution >= 4 is 23.7 Å². The van der Waals surface area contributed by atoms with Crippen LogP contribution in [-0.4, -0.2) is 34.2 Å². The highest BCUT2D eigenvalue weighted by atomic mass is 32.2. The molecule has 5 heteroatoms. The summed E-state index contributed by atoms with van der Waals surface area (Å²) < 4.78 is 4.85. The van der Waals surface area contributed by atoms with Gasteiger partial charge in [0.2, 0.25) is 0 Å². The molecule has 1 aliphatic rings. The lowest BCUT2D eigenvalue weighted by molar-refractivity contribution is -0.140. The molecule has 0 saturated carbocycles. The van der Waals surface area contributed by atoms with Crippen LogP contribution in [0.4, 0.5) is 0 Å². The Balaban J connectivity index is 2.33. The number of carbonyl (C=O) groups is 2. The van der Waals surface area contributed by atoms with Crippen molar-refractivity contribution in [3.8, 4) is 0 Å². The number of cyclic esters (lactones) is 1. The lowest BCUT2D eigenvalue weighted by Crippen LogP contribution is -2.12. The molecule has 12 heavy (non-hydrogen) atoms. The second-order valence-electron chi connectivity index (χ2n) is 2.68. The summed E-state index contributed by atoms with van der Waals surface area (Å²) in [6.45, 7) is 1.80. The molecule has 0 spiro atoms. The molecular weight excluding hydrogens is 180 g/mol. The molecule has 1 rings (SSSR count). The third kappa shape index (κ3) is 2.41. The maximum atomic E-state index is 11.0. The summed E-state index contributed by atoms with van der Waals surface area (Å²) in [5.41, 5.74) is 0. The summed E-state index contributed by atoms with van der Waals surface area (Å²) in [4.78, 5) is 21.1. The zero-order chi connectivity index (χ0) is 9.14. The van der Waals surface area contributed by atoms with Crippen LogP contribution in [0.15, 0.2) is 0 Å². The highest BCUT2D eigenvalue weighted by molar-refractivity contribution is 8.01. The molecule has 1 heterocycles. The fraction of sp³-hybridized carbons (Fsp3) is 0.714. The first-order chi connectivity index (χ1) is 5.59. The second-order valence-corrected chi connectivity index (χ2v) is 3.87. The zero-order valence-corrected chi connectivity index (χ0v) is 7.47. The van der Waals surface area contributed by atoms with Gasteiger partial charge < -0.3 is 9.84 Å². The average molecular weight is 190 g/mol. The Labute approximate surface area is 74.3 Å². The predicted octanol–water partition coefficient (Wildman–Crippen LogP) is 0.508. The van der Waals surface area contributed by atoms with E-state index < -0.39 is 5.97 Å². The van der Waals surface area contributed by atoms with Crippen molar-refractivity contribution in [2.45, 2.75) is 24.7 Å². The van der Waals surface area contributed by atoms with Crippen LogP contribution in [0.25, 0.3) is 0 Å². The fourth-order valence-electron chi connectivity index (χ4n) is 1.03. The van der Waals surface area contributed by atoms with Gasteiger partial charge in [-0.1, -0.05) is 0 Å². The van der Waals surface area contributed by atoms with Crippen molar-refractivity contribution in [2.75, 3.05) is 5.75 Å². The van der Waals surface area contributed by atoms with Crippen LogP contribution >= 0.6 is 11.8 Å². The number of carboxylic acids is 1. The van der Waals surface area contributed by atoms with E-state index in [4.69, 9.17) is 9.84 Å². The maximum absolute atomic E-state index is 11.0. The molecule has 1 fully saturated rings. The van der Waals surface area contributed by atoms with Crippen LogP contribution in [0.5, 0.6) is 0 Å². The molecule has 0 aromatic rings. The number of hydrogen-bond donors (Lipinski definition) is 1. The molecule has 1 aliphatic heterocycles. The molecule has 2 atom stereocenters. The number of carbonyl (C=O) groups excluding carboxylic acids is 1. The van der Waals surface area contributed by atoms with E-state index >= 15 is 0 Å². The summed E-state index contributed by atoms with van der Waals surface area (Å²) in [7, 11) is 0. The Morgan fingerprint density at radius 1 is 1.83 bits per heavy atom. The lowest BCUT2D eigenvalue weighted by atomic mass is 10.3. The molecule has 0 aromatic carbocycles. The monoisotopic (exact) mass is 190 g/mol. The minimum atomic E-state index is -0.896. The standard InChI is InChI=1S/C7H10O4S/c1-4-2-5(7(10)11-4)12-3-6(8)9/h4-5H,2-3H2,1H3,(H,8,9)/t4-,5-/m1/s1. The van der Waals surface area contributed by atoms with Gasteiger partial charge >= 0.3 is 11.9 Å². The van der Waals surface area contributed by atoms with Gasteiger partial charge in [0.1, 0.15) is 11.4 Å². The molecular formula is C7H10O4S. The Morgan fingerprint density at radius 2 is 2.50 bits per heavy atom. The van der Waals surface area contributed by atoms with Gasteiger partial charge in [-0.15, -0.1) is 11.8 Å². The Kier molecular flexibility index (Phi) is 2.97. The molecule has 0 bridgehead atoms. The van der Waals surface area contributed by atoms with Gasteiger partial charge in [0, 0.05) is 6.42 Å². The highest BCUT2D eigenvalue weighted by Crippen LogP contribution is 2.25. The molecule has 0 radical (unpaired) electrons. The van der Waals surface area contributed by atoms with E-state index in [0.29, 0.717) is 6.42 Å². The number of ether oxygens (including phenoxy) is 1. The first-order valence-electron chi connectivity index (χ1n) is 3.63. The number of aliphatic carboxylic acids is 1. The summed E-state index contributed by atoms with van der Waals surface area (Å²) >= 11 is 1.13. The number of rotatable bonds is 3. The normalized spacial score (nSPS) is 28.6. The van der Waals surface area contributed by atoms with Gasteiger partial charge in [0.05, 0.1) is 5.75 Å². The SMILES string of the molecule is C[C@@H]1C[C@@H](SCC(=O)O)C(=O)O1. The van der Waals surface area contributed by atoms with E-state index in [2.05, 4.69) is 0 Å². The van der Waals surface area contributed by atoms with Crippen LogP contribution in [0.2, 0.25) is 0 Å². The van der Waals surface area contributed by atoms with E-state index in [-0.39, 0.29) is 23.1 Å². The third-order valence-corrected chi connectivity index (χ3v) is 2.74.